The summed E-state index contributed by atoms with van der Waals surface area (Å²) in [6.45, 7) is 6.36. The molecule has 0 bridgehead atoms. The molecule has 1 aromatic carbocycles. The van der Waals surface area contributed by atoms with Gasteiger partial charge in [0.25, 0.3) is 11.8 Å². The molecule has 0 aliphatic carbocycles. The van der Waals surface area contributed by atoms with E-state index in [2.05, 4.69) is 15.3 Å². The lowest BCUT2D eigenvalue weighted by molar-refractivity contribution is 0.0198. The molecule has 14 heteroatoms. The topological polar surface area (TPSA) is 124 Å². The Kier molecular flexibility index (Phi) is 8.44. The molecule has 1 unspecified atom stereocenters. The Hall–Kier alpha value is -4.26. The van der Waals surface area contributed by atoms with Gasteiger partial charge in [-0.2, -0.15) is 9.37 Å². The van der Waals surface area contributed by atoms with Gasteiger partial charge in [0.1, 0.15) is 0 Å². The van der Waals surface area contributed by atoms with Crippen LogP contribution in [-0.4, -0.2) is 87.1 Å². The number of carbonyl (C=O) groups excluding carboxylic acids is 2. The quantitative estimate of drug-likeness (QED) is 0.409. The molecule has 42 heavy (non-hydrogen) atoms. The van der Waals surface area contributed by atoms with Crippen molar-refractivity contribution in [3.05, 3.63) is 58.6 Å². The number of imidazole rings is 1. The summed E-state index contributed by atoms with van der Waals surface area (Å²) in [5.41, 5.74) is 0.0765. The highest BCUT2D eigenvalue weighted by molar-refractivity contribution is 6.34. The fourth-order valence-corrected chi connectivity index (χ4v) is 5.14. The van der Waals surface area contributed by atoms with Gasteiger partial charge in [-0.15, -0.1) is 0 Å². The van der Waals surface area contributed by atoms with Gasteiger partial charge in [0.15, 0.2) is 17.5 Å². The lowest BCUT2D eigenvalue weighted by Crippen LogP contribution is -2.60. The number of carbonyl (C=O) groups is 3. The van der Waals surface area contributed by atoms with Crippen LogP contribution in [-0.2, 0) is 7.05 Å². The van der Waals surface area contributed by atoms with E-state index in [4.69, 9.17) is 11.6 Å². The smallest absolute Gasteiger partial charge is 0.407 e. The van der Waals surface area contributed by atoms with Crippen LogP contribution in [0.4, 0.5) is 25.1 Å². The fourth-order valence-electron chi connectivity index (χ4n) is 4.88. The molecule has 224 valence electrons. The Morgan fingerprint density at radius 3 is 2.43 bits per heavy atom. The molecule has 3 heterocycles. The van der Waals surface area contributed by atoms with Gasteiger partial charge in [-0.25, -0.2) is 14.2 Å². The van der Waals surface area contributed by atoms with E-state index in [-0.39, 0.29) is 64.7 Å². The maximum Gasteiger partial charge on any atom is 0.407 e. The molecule has 3 aromatic rings. The van der Waals surface area contributed by atoms with E-state index >= 15 is 0 Å². The minimum Gasteiger partial charge on any atom is -0.465 e. The number of rotatable bonds is 5. The molecule has 0 spiro atoms. The summed E-state index contributed by atoms with van der Waals surface area (Å²) < 4.78 is 30.5. The number of aromatic nitrogens is 3. The molecule has 3 amide bonds. The predicted molar refractivity (Wildman–Crippen MR) is 154 cm³/mol. The Bertz CT molecular complexity index is 1550. The number of nitrogens with one attached hydrogen (secondary N) is 1. The SMILES string of the molecule is CN(C)c1nc(F)c(-c2cnc(C(=O)Nc3ccc(C(=O)N4CCN(C(=O)O)C(C(C)(C)C)C4)c(Cl)c3)n2C)cc1F. The minimum atomic E-state index is -1.03. The first-order valence-electron chi connectivity index (χ1n) is 13.0. The number of pyridine rings is 1. The number of nitrogens with zero attached hydrogens (tertiary/aromatic N) is 6. The second-order valence-electron chi connectivity index (χ2n) is 11.3. The first kappa shape index (κ1) is 30.7. The van der Waals surface area contributed by atoms with Gasteiger partial charge in [0.05, 0.1) is 34.1 Å². The highest BCUT2D eigenvalue weighted by Gasteiger charge is 2.39. The van der Waals surface area contributed by atoms with Crippen LogP contribution in [0.2, 0.25) is 5.02 Å². The number of halogens is 3. The van der Waals surface area contributed by atoms with Crippen LogP contribution in [0.25, 0.3) is 11.3 Å². The summed E-state index contributed by atoms with van der Waals surface area (Å²) in [7, 11) is 4.56. The third kappa shape index (κ3) is 6.01. The largest absolute Gasteiger partial charge is 0.465 e. The van der Waals surface area contributed by atoms with Crippen molar-refractivity contribution in [2.45, 2.75) is 26.8 Å². The fraction of sp³-hybridized carbons (Fsp3) is 0.393. The Balaban J connectivity index is 1.51. The predicted octanol–water partition coefficient (Wildman–Crippen LogP) is 4.58. The second kappa shape index (κ2) is 11.6. The van der Waals surface area contributed by atoms with Crippen LogP contribution >= 0.6 is 11.6 Å². The third-order valence-corrected chi connectivity index (χ3v) is 7.48. The summed E-state index contributed by atoms with van der Waals surface area (Å²) >= 11 is 6.45. The number of carboxylic acid groups (broad SMARTS) is 1. The first-order valence-corrected chi connectivity index (χ1v) is 13.4. The second-order valence-corrected chi connectivity index (χ2v) is 11.7. The number of benzene rings is 1. The molecule has 2 N–H and O–H groups in total. The minimum absolute atomic E-state index is 0.0812. The van der Waals surface area contributed by atoms with Crippen molar-refractivity contribution in [3.63, 3.8) is 0 Å². The molecule has 11 nitrogen and oxygen atoms in total. The van der Waals surface area contributed by atoms with E-state index in [1.54, 1.807) is 4.90 Å². The number of hydrogen-bond donors (Lipinski definition) is 2. The Labute approximate surface area is 246 Å². The lowest BCUT2D eigenvalue weighted by atomic mass is 9.84. The van der Waals surface area contributed by atoms with Crippen LogP contribution in [0.3, 0.4) is 0 Å². The molecular formula is C28H32ClF2N7O4. The highest BCUT2D eigenvalue weighted by Crippen LogP contribution is 2.31. The number of piperazine rings is 1. The molecular weight excluding hydrogens is 572 g/mol. The van der Waals surface area contributed by atoms with Gasteiger partial charge >= 0.3 is 6.09 Å². The van der Waals surface area contributed by atoms with Gasteiger partial charge < -0.3 is 29.7 Å². The molecule has 0 saturated carbocycles. The van der Waals surface area contributed by atoms with Crippen molar-refractivity contribution in [3.8, 4) is 11.3 Å². The third-order valence-electron chi connectivity index (χ3n) is 7.17. The van der Waals surface area contributed by atoms with E-state index in [0.29, 0.717) is 0 Å². The molecule has 0 radical (unpaired) electrons. The molecule has 1 atom stereocenters. The van der Waals surface area contributed by atoms with Crippen molar-refractivity contribution >= 4 is 41.0 Å². The summed E-state index contributed by atoms with van der Waals surface area (Å²) in [6.07, 6.45) is 0.212. The van der Waals surface area contributed by atoms with E-state index in [9.17, 15) is 28.3 Å². The maximum atomic E-state index is 14.7. The maximum absolute atomic E-state index is 14.7. The van der Waals surface area contributed by atoms with Crippen LogP contribution in [0.5, 0.6) is 0 Å². The van der Waals surface area contributed by atoms with Crippen molar-refractivity contribution < 1.29 is 28.3 Å². The van der Waals surface area contributed by atoms with E-state index in [0.717, 1.165) is 6.07 Å². The monoisotopic (exact) mass is 603 g/mol. The van der Waals surface area contributed by atoms with Crippen LogP contribution in [0.1, 0.15) is 41.7 Å². The van der Waals surface area contributed by atoms with Crippen LogP contribution in [0, 0.1) is 17.2 Å². The van der Waals surface area contributed by atoms with Crippen LogP contribution in [0.15, 0.2) is 30.5 Å². The van der Waals surface area contributed by atoms with E-state index in [1.807, 2.05) is 20.8 Å². The average molecular weight is 604 g/mol. The summed E-state index contributed by atoms with van der Waals surface area (Å²) in [6, 6.07) is 5.01. The van der Waals surface area contributed by atoms with E-state index in [1.165, 1.54) is 59.9 Å². The zero-order valence-electron chi connectivity index (χ0n) is 24.1. The molecule has 1 aliphatic heterocycles. The first-order chi connectivity index (χ1) is 19.6. The molecule has 1 aliphatic rings. The van der Waals surface area contributed by atoms with Gasteiger partial charge in [-0.1, -0.05) is 32.4 Å². The zero-order chi connectivity index (χ0) is 31.1. The lowest BCUT2D eigenvalue weighted by Gasteiger charge is -2.46. The summed E-state index contributed by atoms with van der Waals surface area (Å²) in [5, 5.41) is 12.3. The number of anilines is 2. The Morgan fingerprint density at radius 2 is 1.83 bits per heavy atom. The van der Waals surface area contributed by atoms with Gasteiger partial charge in [0, 0.05) is 46.5 Å². The van der Waals surface area contributed by atoms with Crippen molar-refractivity contribution in [1.29, 1.82) is 0 Å². The molecule has 1 fully saturated rings. The number of hydrogen-bond acceptors (Lipinski definition) is 6. The van der Waals surface area contributed by atoms with Crippen molar-refractivity contribution in [2.24, 2.45) is 12.5 Å². The normalized spacial score (nSPS) is 15.5. The molecule has 2 aromatic heterocycles. The number of amides is 3. The summed E-state index contributed by atoms with van der Waals surface area (Å²) in [5.74, 6) is -2.88. The van der Waals surface area contributed by atoms with Gasteiger partial charge in [-0.3, -0.25) is 9.59 Å². The van der Waals surface area contributed by atoms with Crippen molar-refractivity contribution in [1.82, 2.24) is 24.3 Å². The summed E-state index contributed by atoms with van der Waals surface area (Å²) in [4.78, 5) is 50.1. The van der Waals surface area contributed by atoms with Gasteiger partial charge in [0.2, 0.25) is 5.95 Å². The highest BCUT2D eigenvalue weighted by atomic mass is 35.5. The van der Waals surface area contributed by atoms with Gasteiger partial charge in [-0.05, 0) is 29.7 Å². The van der Waals surface area contributed by atoms with Crippen molar-refractivity contribution in [2.75, 3.05) is 43.9 Å². The van der Waals surface area contributed by atoms with E-state index < -0.39 is 35.2 Å². The standard InChI is InChI=1S/C28H32ClF2N7O4/c1-28(2,3)21-14-37(9-10-38(21)27(41)42)26(40)16-8-7-15(11-18(16)29)33-25(39)24-32-13-20(36(24)6)17-12-19(30)23(35(4)5)34-22(17)31/h7-8,11-13,21H,9-10,14H2,1-6H3,(H,33,39)(H,41,42). The molecule has 1 saturated heterocycles. The Morgan fingerprint density at radius 1 is 1.14 bits per heavy atom. The molecule has 4 rings (SSSR count). The zero-order valence-corrected chi connectivity index (χ0v) is 24.8. The van der Waals surface area contributed by atoms with Crippen LogP contribution < -0.4 is 10.2 Å². The average Bonchev–Trinajstić information content (AvgIpc) is 3.29.